The molecular weight excluding hydrogens is 631 g/mol. The van der Waals surface area contributed by atoms with Crippen molar-refractivity contribution >= 4 is 5.78 Å². The van der Waals surface area contributed by atoms with Crippen molar-refractivity contribution in [1.82, 2.24) is 4.90 Å². The predicted molar refractivity (Wildman–Crippen MR) is 204 cm³/mol. The number of rotatable bonds is 7. The third-order valence-electron chi connectivity index (χ3n) is 12.7. The maximum absolute atomic E-state index is 14.3. The lowest BCUT2D eigenvalue weighted by molar-refractivity contribution is -0.101. The van der Waals surface area contributed by atoms with E-state index in [1.807, 2.05) is 97.1 Å². The number of hydrogen-bond acceptors (Lipinski definition) is 5. The van der Waals surface area contributed by atoms with E-state index in [2.05, 4.69) is 37.0 Å². The number of likely N-dealkylation sites (tertiary alicyclic amines) is 1. The molecule has 0 aromatic heterocycles. The fraction of sp³-hybridized carbons (Fsp3) is 0.413. The van der Waals surface area contributed by atoms with E-state index < -0.39 is 22.7 Å². The largest absolute Gasteiger partial charge is 0.393 e. The number of aliphatic hydroxyl groups is 3. The molecule has 2 fully saturated rings. The minimum Gasteiger partial charge on any atom is -0.393 e. The van der Waals surface area contributed by atoms with Crippen molar-refractivity contribution in [3.05, 3.63) is 154 Å². The molecule has 3 N–H and O–H groups in total. The molecule has 1 saturated carbocycles. The summed E-state index contributed by atoms with van der Waals surface area (Å²) in [5.41, 5.74) is 3.41. The Kier molecular flexibility index (Phi) is 10.2. The van der Waals surface area contributed by atoms with Crippen molar-refractivity contribution in [2.75, 3.05) is 13.1 Å². The van der Waals surface area contributed by atoms with Crippen LogP contribution in [0.4, 0.5) is 0 Å². The van der Waals surface area contributed by atoms with E-state index in [0.29, 0.717) is 36.9 Å². The van der Waals surface area contributed by atoms with Gasteiger partial charge >= 0.3 is 0 Å². The number of fused-ring (bicyclic) bond motifs is 8. The summed E-state index contributed by atoms with van der Waals surface area (Å²) in [5.74, 6) is -0.0677. The lowest BCUT2D eigenvalue weighted by Crippen LogP contribution is -2.57. The van der Waals surface area contributed by atoms with Gasteiger partial charge in [-0.2, -0.15) is 0 Å². The van der Waals surface area contributed by atoms with Gasteiger partial charge in [0.25, 0.3) is 0 Å². The zero-order valence-corrected chi connectivity index (χ0v) is 30.2. The summed E-state index contributed by atoms with van der Waals surface area (Å²) in [6.45, 7) is 5.64. The first kappa shape index (κ1) is 35.5. The van der Waals surface area contributed by atoms with Crippen molar-refractivity contribution in [3.63, 3.8) is 0 Å². The molecule has 5 atom stereocenters. The minimum absolute atomic E-state index is 0.0158. The first-order valence-electron chi connectivity index (χ1n) is 19.0. The van der Waals surface area contributed by atoms with Gasteiger partial charge in [0, 0.05) is 29.1 Å². The average Bonchev–Trinajstić information content (AvgIpc) is 3.72. The summed E-state index contributed by atoms with van der Waals surface area (Å²) in [4.78, 5) is 16.7. The Hall–Kier alpha value is -3.87. The van der Waals surface area contributed by atoms with Crippen molar-refractivity contribution in [2.24, 2.45) is 5.41 Å². The molecule has 1 heterocycles. The van der Waals surface area contributed by atoms with Crippen molar-refractivity contribution in [2.45, 2.75) is 101 Å². The van der Waals surface area contributed by atoms with Crippen molar-refractivity contribution in [1.29, 1.82) is 0 Å². The number of allylic oxidation sites excluding steroid dienone is 2. The topological polar surface area (TPSA) is 81.0 Å². The van der Waals surface area contributed by atoms with E-state index in [4.69, 9.17) is 0 Å². The van der Waals surface area contributed by atoms with Gasteiger partial charge in [-0.15, -0.1) is 0 Å². The van der Waals surface area contributed by atoms with Crippen LogP contribution in [0.2, 0.25) is 0 Å². The van der Waals surface area contributed by atoms with E-state index in [-0.39, 0.29) is 17.7 Å². The summed E-state index contributed by atoms with van der Waals surface area (Å²) in [6, 6.07) is 35.5. The molecule has 0 spiro atoms. The lowest BCUT2D eigenvalue weighted by Gasteiger charge is -2.48. The van der Waals surface area contributed by atoms with Crippen LogP contribution >= 0.6 is 0 Å². The van der Waals surface area contributed by atoms with Gasteiger partial charge in [0.2, 0.25) is 0 Å². The van der Waals surface area contributed by atoms with Crippen molar-refractivity contribution in [3.8, 4) is 0 Å². The third-order valence-corrected chi connectivity index (χ3v) is 12.7. The monoisotopic (exact) mass is 683 g/mol. The SMILES string of the molecule is CC1=CCC[C@@]2(C)[C@@H](CC[C@@]2(O)CN2CCC[C@@H]2C(O)(c2ccccc2)c2ccccc2)c2ccc(cc2C(=O)c2ccccc2)C[C@@H](O)CC1. The second kappa shape index (κ2) is 14.6. The van der Waals surface area contributed by atoms with Crippen LogP contribution in [0.5, 0.6) is 0 Å². The van der Waals surface area contributed by atoms with Crippen LogP contribution in [-0.4, -0.2) is 56.8 Å². The van der Waals surface area contributed by atoms with Gasteiger partial charge in [-0.05, 0) is 105 Å². The number of benzene rings is 4. The first-order chi connectivity index (χ1) is 24.6. The fourth-order valence-electron chi connectivity index (χ4n) is 9.70. The molecule has 0 radical (unpaired) electrons. The Morgan fingerprint density at radius 3 is 2.18 bits per heavy atom. The first-order valence-corrected chi connectivity index (χ1v) is 19.0. The minimum atomic E-state index is -1.24. The smallest absolute Gasteiger partial charge is 0.193 e. The molecule has 4 aromatic carbocycles. The molecule has 2 bridgehead atoms. The number of nitrogens with zero attached hydrogens (tertiary/aromatic N) is 1. The van der Waals surface area contributed by atoms with E-state index in [9.17, 15) is 20.1 Å². The number of aliphatic hydroxyl groups excluding tert-OH is 1. The predicted octanol–water partition coefficient (Wildman–Crippen LogP) is 8.36. The molecule has 1 aliphatic heterocycles. The van der Waals surface area contributed by atoms with Crippen LogP contribution in [0.1, 0.15) is 109 Å². The quantitative estimate of drug-likeness (QED) is 0.135. The zero-order chi connectivity index (χ0) is 35.6. The van der Waals surface area contributed by atoms with Gasteiger partial charge in [0.1, 0.15) is 5.60 Å². The Balaban J connectivity index is 1.30. The summed E-state index contributed by atoms with van der Waals surface area (Å²) < 4.78 is 0. The summed E-state index contributed by atoms with van der Waals surface area (Å²) in [6.07, 6.45) is 8.47. The highest BCUT2D eigenvalue weighted by Gasteiger charge is 2.59. The lowest BCUT2D eigenvalue weighted by atomic mass is 9.64. The van der Waals surface area contributed by atoms with Crippen LogP contribution in [0.3, 0.4) is 0 Å². The highest BCUT2D eigenvalue weighted by molar-refractivity contribution is 6.10. The molecule has 5 heteroatoms. The third kappa shape index (κ3) is 6.78. The number of hydrogen-bond donors (Lipinski definition) is 3. The molecule has 4 aliphatic rings. The zero-order valence-electron chi connectivity index (χ0n) is 30.2. The number of carbonyl (C=O) groups is 1. The number of ketones is 1. The highest BCUT2D eigenvalue weighted by atomic mass is 16.3. The molecule has 8 rings (SSSR count). The Morgan fingerprint density at radius 1 is 0.863 bits per heavy atom. The van der Waals surface area contributed by atoms with E-state index >= 15 is 0 Å². The number of carbonyl (C=O) groups excluding carboxylic acids is 1. The molecule has 5 nitrogen and oxygen atoms in total. The van der Waals surface area contributed by atoms with Crippen LogP contribution in [-0.2, 0) is 12.0 Å². The summed E-state index contributed by atoms with van der Waals surface area (Å²) in [5, 5.41) is 37.0. The van der Waals surface area contributed by atoms with Gasteiger partial charge in [-0.3, -0.25) is 9.69 Å². The second-order valence-electron chi connectivity index (χ2n) is 15.8. The highest BCUT2D eigenvalue weighted by Crippen LogP contribution is 2.59. The van der Waals surface area contributed by atoms with Gasteiger partial charge < -0.3 is 15.3 Å². The normalized spacial score (nSPS) is 27.5. The molecule has 266 valence electrons. The maximum atomic E-state index is 14.3. The standard InChI is InChI=1S/C46H53NO4/c1-33-14-12-27-44(2)41(39-25-23-34(30-38(48)24-22-33)31-40(39)43(49)35-15-6-3-7-16-35)26-28-45(44,50)32-47-29-13-21-42(47)46(51,36-17-8-4-9-18-36)37-19-10-5-11-20-37/h3-11,14-20,23,25,31,38,41-42,48,50-51H,12-13,21-22,24,26-30,32H2,1-2H3/t38-,41-,42+,44-,45+/m0/s1. The molecular formula is C46H53NO4. The Bertz CT molecular complexity index is 1800. The molecule has 4 aromatic rings. The molecule has 3 aliphatic carbocycles. The average molecular weight is 684 g/mol. The van der Waals surface area contributed by atoms with Gasteiger partial charge in [-0.25, -0.2) is 0 Å². The van der Waals surface area contributed by atoms with Gasteiger partial charge in [0.15, 0.2) is 5.78 Å². The van der Waals surface area contributed by atoms with E-state index in [0.717, 1.165) is 67.3 Å². The fourth-order valence-corrected chi connectivity index (χ4v) is 9.70. The van der Waals surface area contributed by atoms with E-state index in [1.54, 1.807) is 0 Å². The molecule has 0 amide bonds. The van der Waals surface area contributed by atoms with Crippen LogP contribution in [0.25, 0.3) is 0 Å². The van der Waals surface area contributed by atoms with Gasteiger partial charge in [-0.1, -0.05) is 122 Å². The molecule has 0 unspecified atom stereocenters. The summed E-state index contributed by atoms with van der Waals surface area (Å²) in [7, 11) is 0. The Labute approximate surface area is 303 Å². The van der Waals surface area contributed by atoms with E-state index in [1.165, 1.54) is 5.57 Å². The number of β-amino-alcohol motifs (C(OH)–C–C–N with tert-alkyl or cyclic N) is 1. The Morgan fingerprint density at radius 2 is 1.51 bits per heavy atom. The molecule has 1 saturated heterocycles. The second-order valence-corrected chi connectivity index (χ2v) is 15.8. The van der Waals surface area contributed by atoms with Crippen molar-refractivity contribution < 1.29 is 20.1 Å². The van der Waals surface area contributed by atoms with Crippen LogP contribution < -0.4 is 0 Å². The summed E-state index contributed by atoms with van der Waals surface area (Å²) >= 11 is 0. The molecule has 51 heavy (non-hydrogen) atoms. The maximum Gasteiger partial charge on any atom is 0.193 e. The van der Waals surface area contributed by atoms with Crippen LogP contribution in [0.15, 0.2) is 121 Å². The van der Waals surface area contributed by atoms with Crippen LogP contribution in [0, 0.1) is 5.41 Å². The van der Waals surface area contributed by atoms with Gasteiger partial charge in [0.05, 0.1) is 11.7 Å².